The molecule has 4 aliphatic rings. The molecule has 1 saturated heterocycles. The summed E-state index contributed by atoms with van der Waals surface area (Å²) in [5.41, 5.74) is 3.74. The van der Waals surface area contributed by atoms with Gasteiger partial charge in [0.05, 0.1) is 12.8 Å². The van der Waals surface area contributed by atoms with E-state index >= 15 is 0 Å². The molecule has 47 heavy (non-hydrogen) atoms. The van der Waals surface area contributed by atoms with Gasteiger partial charge >= 0.3 is 6.09 Å². The molecule has 4 heterocycles. The molecule has 0 N–H and O–H groups in total. The van der Waals surface area contributed by atoms with E-state index in [9.17, 15) is 9.59 Å². The number of ether oxygens (including phenoxy) is 2. The fourth-order valence-electron chi connectivity index (χ4n) is 7.58. The van der Waals surface area contributed by atoms with Crippen LogP contribution in [0.1, 0.15) is 100 Å². The number of carbonyl (C=O) groups is 2. The van der Waals surface area contributed by atoms with Crippen molar-refractivity contribution in [1.82, 2.24) is 19.9 Å². The third kappa shape index (κ3) is 7.16. The van der Waals surface area contributed by atoms with Crippen molar-refractivity contribution in [2.45, 2.75) is 96.0 Å². The fraction of sp³-hybridized carbons (Fsp3) is 0.595. The molecule has 0 atom stereocenters. The van der Waals surface area contributed by atoms with Gasteiger partial charge in [-0.05, 0) is 107 Å². The van der Waals surface area contributed by atoms with E-state index in [-0.39, 0.29) is 24.0 Å². The molecule has 3 aromatic heterocycles. The lowest BCUT2D eigenvalue weighted by Gasteiger charge is -2.38. The minimum atomic E-state index is -0.214. The summed E-state index contributed by atoms with van der Waals surface area (Å²) in [6.45, 7) is 6.29. The molecule has 10 heteroatoms. The lowest BCUT2D eigenvalue weighted by molar-refractivity contribution is -0.124. The van der Waals surface area contributed by atoms with Crippen LogP contribution < -0.4 is 9.64 Å². The number of methoxy groups -OCH3 is 1. The number of likely N-dealkylation sites (tertiary alicyclic amines) is 1. The minimum absolute atomic E-state index is 0.115. The molecule has 0 spiro atoms. The summed E-state index contributed by atoms with van der Waals surface area (Å²) in [6.07, 6.45) is 12.3. The number of hydrogen-bond acceptors (Lipinski definition) is 8. The van der Waals surface area contributed by atoms with Crippen molar-refractivity contribution in [3.05, 3.63) is 54.0 Å². The van der Waals surface area contributed by atoms with E-state index < -0.39 is 0 Å². The number of hydrogen-bond donors (Lipinski definition) is 0. The van der Waals surface area contributed by atoms with Crippen molar-refractivity contribution in [3.8, 4) is 17.0 Å². The number of carbonyl (C=O) groups excluding carboxylic acids is 2. The number of anilines is 1. The highest BCUT2D eigenvalue weighted by molar-refractivity contribution is 5.94. The Morgan fingerprint density at radius 2 is 1.70 bits per heavy atom. The molecule has 3 saturated carbocycles. The Bertz CT molecular complexity index is 1560. The van der Waals surface area contributed by atoms with E-state index in [4.69, 9.17) is 28.8 Å². The smallest absolute Gasteiger partial charge is 0.410 e. The molecular weight excluding hydrogens is 594 g/mol. The van der Waals surface area contributed by atoms with E-state index in [1.54, 1.807) is 24.5 Å². The van der Waals surface area contributed by atoms with Crippen LogP contribution in [0.4, 0.5) is 10.6 Å². The quantitative estimate of drug-likeness (QED) is 0.240. The zero-order chi connectivity index (χ0) is 32.5. The van der Waals surface area contributed by atoms with Gasteiger partial charge in [0.25, 0.3) is 0 Å². The molecule has 0 aromatic carbocycles. The zero-order valence-corrected chi connectivity index (χ0v) is 27.9. The first-order valence-electron chi connectivity index (χ1n) is 17.5. The number of oxazole rings is 1. The summed E-state index contributed by atoms with van der Waals surface area (Å²) in [5.74, 6) is 4.01. The van der Waals surface area contributed by atoms with Crippen molar-refractivity contribution in [1.29, 1.82) is 0 Å². The Kier molecular flexibility index (Phi) is 9.19. The number of nitrogens with zero attached hydrogens (tertiary/aromatic N) is 5. The summed E-state index contributed by atoms with van der Waals surface area (Å²) >= 11 is 0. The fourth-order valence-corrected chi connectivity index (χ4v) is 7.58. The molecule has 250 valence electrons. The van der Waals surface area contributed by atoms with Crippen molar-refractivity contribution >= 4 is 17.8 Å². The summed E-state index contributed by atoms with van der Waals surface area (Å²) in [6, 6.07) is 8.04. The molecule has 0 radical (unpaired) electrons. The largest absolute Gasteiger partial charge is 0.495 e. The molecule has 3 aromatic rings. The zero-order valence-electron chi connectivity index (χ0n) is 27.9. The lowest BCUT2D eigenvalue weighted by atomic mass is 9.79. The summed E-state index contributed by atoms with van der Waals surface area (Å²) in [5, 5.41) is 0. The van der Waals surface area contributed by atoms with Crippen LogP contribution in [-0.4, -0.2) is 64.7 Å². The SMILES string of the molecule is COc1ccc(C2CCC(CN(C(=O)C3CCC(OC(=O)N4CC(C)C4)CC3)c3cc(-c4coc(C5CC5)n4)ccn3)CC2)nc1C. The van der Waals surface area contributed by atoms with Gasteiger partial charge in [-0.2, -0.15) is 0 Å². The second-order valence-corrected chi connectivity index (χ2v) is 14.3. The maximum Gasteiger partial charge on any atom is 0.410 e. The number of rotatable bonds is 9. The predicted molar refractivity (Wildman–Crippen MR) is 177 cm³/mol. The van der Waals surface area contributed by atoms with Crippen LogP contribution >= 0.6 is 0 Å². The van der Waals surface area contributed by atoms with Crippen LogP contribution in [0.2, 0.25) is 0 Å². The van der Waals surface area contributed by atoms with Crippen LogP contribution in [0.15, 0.2) is 41.1 Å². The average molecular weight is 642 g/mol. The summed E-state index contributed by atoms with van der Waals surface area (Å²) < 4.78 is 17.0. The van der Waals surface area contributed by atoms with Gasteiger partial charge in [0.15, 0.2) is 5.89 Å². The Hall–Kier alpha value is -3.95. The number of pyridine rings is 2. The van der Waals surface area contributed by atoms with E-state index in [1.165, 1.54) is 0 Å². The van der Waals surface area contributed by atoms with Crippen LogP contribution in [0, 0.1) is 24.7 Å². The number of aromatic nitrogens is 3. The second kappa shape index (κ2) is 13.6. The molecule has 0 bridgehead atoms. The van der Waals surface area contributed by atoms with Gasteiger partial charge < -0.3 is 18.8 Å². The molecule has 1 aliphatic heterocycles. The van der Waals surface area contributed by atoms with Crippen molar-refractivity contribution in [2.24, 2.45) is 17.8 Å². The third-order valence-corrected chi connectivity index (χ3v) is 10.6. The Morgan fingerprint density at radius 1 is 0.957 bits per heavy atom. The van der Waals surface area contributed by atoms with Gasteiger partial charge in [0, 0.05) is 54.8 Å². The van der Waals surface area contributed by atoms with E-state index in [1.807, 2.05) is 30.0 Å². The molecule has 0 unspecified atom stereocenters. The highest BCUT2D eigenvalue weighted by Gasteiger charge is 2.36. The standard InChI is InChI=1S/C37H47N5O5/c1-23-19-41(20-23)37(44)47-30-12-10-28(11-13-30)36(43)42(34-18-29(16-17-38-34)32-22-46-35(40-32)27-8-9-27)21-25-4-6-26(7-5-25)31-14-15-33(45-3)24(2)39-31/h14-18,22-23,25-28,30H,4-13,19-21H2,1-3H3. The van der Waals surface area contributed by atoms with Gasteiger partial charge in [-0.1, -0.05) is 6.92 Å². The monoisotopic (exact) mass is 641 g/mol. The molecule has 4 fully saturated rings. The highest BCUT2D eigenvalue weighted by Crippen LogP contribution is 2.41. The topological polar surface area (TPSA) is 111 Å². The maximum atomic E-state index is 14.3. The van der Waals surface area contributed by atoms with Gasteiger partial charge in [0.1, 0.15) is 29.6 Å². The third-order valence-electron chi connectivity index (χ3n) is 10.6. The number of amides is 2. The van der Waals surface area contributed by atoms with Gasteiger partial charge in [-0.3, -0.25) is 14.7 Å². The summed E-state index contributed by atoms with van der Waals surface area (Å²) in [7, 11) is 1.68. The first kappa shape index (κ1) is 31.6. The van der Waals surface area contributed by atoms with Crippen molar-refractivity contribution in [3.63, 3.8) is 0 Å². The van der Waals surface area contributed by atoms with Crippen LogP contribution in [0.5, 0.6) is 5.75 Å². The molecule has 2 amide bonds. The molecular formula is C37H47N5O5. The van der Waals surface area contributed by atoms with Crippen LogP contribution in [0.3, 0.4) is 0 Å². The van der Waals surface area contributed by atoms with E-state index in [0.29, 0.717) is 61.7 Å². The first-order chi connectivity index (χ1) is 22.8. The molecule has 7 rings (SSSR count). The normalized spacial score (nSPS) is 24.8. The average Bonchev–Trinajstić information content (AvgIpc) is 3.81. The van der Waals surface area contributed by atoms with Gasteiger partial charge in [-0.15, -0.1) is 0 Å². The minimum Gasteiger partial charge on any atom is -0.495 e. The van der Waals surface area contributed by atoms with Crippen LogP contribution in [0.25, 0.3) is 11.3 Å². The highest BCUT2D eigenvalue weighted by atomic mass is 16.6. The van der Waals surface area contributed by atoms with Crippen molar-refractivity contribution in [2.75, 3.05) is 31.6 Å². The first-order valence-corrected chi connectivity index (χ1v) is 17.5. The second-order valence-electron chi connectivity index (χ2n) is 14.3. The Balaban J connectivity index is 1.04. The van der Waals surface area contributed by atoms with Crippen LogP contribution in [-0.2, 0) is 9.53 Å². The molecule has 10 nitrogen and oxygen atoms in total. The molecule has 3 aliphatic carbocycles. The van der Waals surface area contributed by atoms with Gasteiger partial charge in [-0.25, -0.2) is 14.8 Å². The van der Waals surface area contributed by atoms with Gasteiger partial charge in [0.2, 0.25) is 5.91 Å². The Morgan fingerprint density at radius 3 is 2.38 bits per heavy atom. The van der Waals surface area contributed by atoms with E-state index in [0.717, 1.165) is 85.9 Å². The predicted octanol–water partition coefficient (Wildman–Crippen LogP) is 7.28. The number of aryl methyl sites for hydroxylation is 1. The van der Waals surface area contributed by atoms with Crippen molar-refractivity contribution < 1.29 is 23.5 Å². The maximum absolute atomic E-state index is 14.3. The Labute approximate surface area is 277 Å². The lowest BCUT2D eigenvalue weighted by Crippen LogP contribution is -2.50. The van der Waals surface area contributed by atoms with E-state index in [2.05, 4.69) is 13.0 Å². The summed E-state index contributed by atoms with van der Waals surface area (Å²) in [4.78, 5) is 44.9.